The van der Waals surface area contributed by atoms with Crippen molar-refractivity contribution in [3.8, 4) is 0 Å². The molecule has 4 heterocycles. The van der Waals surface area contributed by atoms with E-state index in [0.29, 0.717) is 46.7 Å². The van der Waals surface area contributed by atoms with Gasteiger partial charge in [0, 0.05) is 32.3 Å². The maximum atomic E-state index is 12.7. The van der Waals surface area contributed by atoms with Crippen LogP contribution in [0.4, 0.5) is 0 Å². The lowest BCUT2D eigenvalue weighted by Crippen LogP contribution is -2.30. The van der Waals surface area contributed by atoms with Crippen molar-refractivity contribution in [3.05, 3.63) is 45.2 Å². The van der Waals surface area contributed by atoms with Crippen LogP contribution in [-0.2, 0) is 4.79 Å². The second kappa shape index (κ2) is 7.11. The number of carbonyl (C=O) groups is 2. The molecule has 0 bridgehead atoms. The van der Waals surface area contributed by atoms with Gasteiger partial charge < -0.3 is 10.2 Å². The van der Waals surface area contributed by atoms with Crippen molar-refractivity contribution in [2.24, 2.45) is 0 Å². The minimum atomic E-state index is -0.212. The van der Waals surface area contributed by atoms with Gasteiger partial charge in [-0.15, -0.1) is 11.3 Å². The minimum Gasteiger partial charge on any atom is -0.351 e. The average Bonchev–Trinajstić information content (AvgIpc) is 3.26. The van der Waals surface area contributed by atoms with Gasteiger partial charge in [0.2, 0.25) is 5.91 Å². The Bertz CT molecular complexity index is 1100. The summed E-state index contributed by atoms with van der Waals surface area (Å²) in [7, 11) is 0. The summed E-state index contributed by atoms with van der Waals surface area (Å²) in [6.07, 6.45) is 3.95. The Balaban J connectivity index is 1.48. The number of thiophene rings is 1. The number of pyridine rings is 1. The maximum Gasteiger partial charge on any atom is 0.266 e. The first-order valence-corrected chi connectivity index (χ1v) is 9.84. The second-order valence-corrected chi connectivity index (χ2v) is 7.76. The molecule has 4 rings (SSSR count). The van der Waals surface area contributed by atoms with Crippen LogP contribution in [0.3, 0.4) is 0 Å². The summed E-state index contributed by atoms with van der Waals surface area (Å²) >= 11 is 1.23. The largest absolute Gasteiger partial charge is 0.351 e. The standard InChI is InChI=1S/C19H20N4O3S/c1-12-5-2-10-23-16(12)21-18-13(19(23)26)11-14(27-18)17(25)20-7-4-9-22-8-3-6-15(22)24/h2,5,10-11H,3-4,6-9H2,1H3,(H,20,25). The first kappa shape index (κ1) is 17.7. The van der Waals surface area contributed by atoms with Gasteiger partial charge >= 0.3 is 0 Å². The van der Waals surface area contributed by atoms with E-state index in [1.807, 2.05) is 24.0 Å². The van der Waals surface area contributed by atoms with E-state index >= 15 is 0 Å². The predicted molar refractivity (Wildman–Crippen MR) is 104 cm³/mol. The fourth-order valence-electron chi connectivity index (χ4n) is 3.37. The summed E-state index contributed by atoms with van der Waals surface area (Å²) in [4.78, 5) is 44.1. The van der Waals surface area contributed by atoms with Crippen molar-refractivity contribution in [2.45, 2.75) is 26.2 Å². The van der Waals surface area contributed by atoms with E-state index in [2.05, 4.69) is 10.3 Å². The molecule has 1 aliphatic rings. The predicted octanol–water partition coefficient (Wildman–Crippen LogP) is 1.96. The normalized spacial score (nSPS) is 14.4. The summed E-state index contributed by atoms with van der Waals surface area (Å²) in [5, 5.41) is 3.32. The van der Waals surface area contributed by atoms with Crippen LogP contribution in [0.25, 0.3) is 15.9 Å². The molecule has 140 valence electrons. The number of fused-ring (bicyclic) bond motifs is 2. The zero-order valence-electron chi connectivity index (χ0n) is 15.0. The number of likely N-dealkylation sites (tertiary alicyclic amines) is 1. The molecule has 0 saturated carbocycles. The number of nitrogens with one attached hydrogen (secondary N) is 1. The van der Waals surface area contributed by atoms with Crippen LogP contribution in [0.2, 0.25) is 0 Å². The van der Waals surface area contributed by atoms with Gasteiger partial charge in [0.15, 0.2) is 0 Å². The molecule has 0 unspecified atom stereocenters. The van der Waals surface area contributed by atoms with Gasteiger partial charge in [-0.05, 0) is 37.5 Å². The lowest BCUT2D eigenvalue weighted by atomic mass is 10.3. The molecule has 0 radical (unpaired) electrons. The van der Waals surface area contributed by atoms with Gasteiger partial charge in [0.1, 0.15) is 10.5 Å². The van der Waals surface area contributed by atoms with E-state index in [1.165, 1.54) is 15.7 Å². The van der Waals surface area contributed by atoms with E-state index in [4.69, 9.17) is 0 Å². The number of hydrogen-bond donors (Lipinski definition) is 1. The van der Waals surface area contributed by atoms with Crippen molar-refractivity contribution in [3.63, 3.8) is 0 Å². The summed E-state index contributed by atoms with van der Waals surface area (Å²) in [6, 6.07) is 5.33. The van der Waals surface area contributed by atoms with E-state index < -0.39 is 0 Å². The fraction of sp³-hybridized carbons (Fsp3) is 0.368. The molecule has 8 heteroatoms. The van der Waals surface area contributed by atoms with E-state index in [-0.39, 0.29) is 17.4 Å². The third-order valence-corrected chi connectivity index (χ3v) is 5.84. The molecule has 7 nitrogen and oxygen atoms in total. The van der Waals surface area contributed by atoms with Gasteiger partial charge in [0.25, 0.3) is 11.5 Å². The smallest absolute Gasteiger partial charge is 0.266 e. The SMILES string of the molecule is Cc1cccn2c(=O)c3cc(C(=O)NCCCN4CCCC4=O)sc3nc12. The van der Waals surface area contributed by atoms with Gasteiger partial charge in [0.05, 0.1) is 10.3 Å². The summed E-state index contributed by atoms with van der Waals surface area (Å²) < 4.78 is 1.51. The molecule has 2 amide bonds. The van der Waals surface area contributed by atoms with E-state index in [9.17, 15) is 14.4 Å². The van der Waals surface area contributed by atoms with Crippen LogP contribution in [-0.4, -0.2) is 45.7 Å². The third-order valence-electron chi connectivity index (χ3n) is 4.82. The Labute approximate surface area is 159 Å². The van der Waals surface area contributed by atoms with Crippen LogP contribution >= 0.6 is 11.3 Å². The van der Waals surface area contributed by atoms with Crippen LogP contribution in [0.5, 0.6) is 0 Å². The number of rotatable bonds is 5. The van der Waals surface area contributed by atoms with Gasteiger partial charge in [-0.1, -0.05) is 6.07 Å². The van der Waals surface area contributed by atoms with Gasteiger partial charge in [-0.25, -0.2) is 4.98 Å². The topological polar surface area (TPSA) is 83.8 Å². The Morgan fingerprint density at radius 1 is 1.37 bits per heavy atom. The van der Waals surface area contributed by atoms with Crippen LogP contribution in [0.15, 0.2) is 29.2 Å². The molecule has 27 heavy (non-hydrogen) atoms. The molecule has 0 spiro atoms. The highest BCUT2D eigenvalue weighted by Gasteiger charge is 2.19. The van der Waals surface area contributed by atoms with Crippen LogP contribution in [0, 0.1) is 6.92 Å². The van der Waals surface area contributed by atoms with Crippen LogP contribution < -0.4 is 10.9 Å². The second-order valence-electron chi connectivity index (χ2n) is 6.73. The first-order valence-electron chi connectivity index (χ1n) is 9.02. The summed E-state index contributed by atoms with van der Waals surface area (Å²) in [6.45, 7) is 3.87. The Morgan fingerprint density at radius 3 is 3.00 bits per heavy atom. The molecule has 1 fully saturated rings. The van der Waals surface area contributed by atoms with Crippen molar-refractivity contribution in [1.29, 1.82) is 0 Å². The number of nitrogens with zero attached hydrogens (tertiary/aromatic N) is 3. The van der Waals surface area contributed by atoms with E-state index in [0.717, 1.165) is 18.5 Å². The first-order chi connectivity index (χ1) is 13.0. The Kier molecular flexibility index (Phi) is 4.65. The molecule has 0 aromatic carbocycles. The monoisotopic (exact) mass is 384 g/mol. The lowest BCUT2D eigenvalue weighted by molar-refractivity contribution is -0.127. The average molecular weight is 384 g/mol. The van der Waals surface area contributed by atoms with Gasteiger partial charge in [-0.3, -0.25) is 18.8 Å². The van der Waals surface area contributed by atoms with Gasteiger partial charge in [-0.2, -0.15) is 0 Å². The molecule has 3 aromatic rings. The zero-order chi connectivity index (χ0) is 19.0. The van der Waals surface area contributed by atoms with Crippen molar-refractivity contribution in [2.75, 3.05) is 19.6 Å². The minimum absolute atomic E-state index is 0.165. The molecule has 0 atom stereocenters. The quantitative estimate of drug-likeness (QED) is 0.682. The highest BCUT2D eigenvalue weighted by molar-refractivity contribution is 7.20. The van der Waals surface area contributed by atoms with Crippen molar-refractivity contribution >= 4 is 39.0 Å². The van der Waals surface area contributed by atoms with Crippen molar-refractivity contribution in [1.82, 2.24) is 19.6 Å². The number of carbonyl (C=O) groups excluding carboxylic acids is 2. The molecule has 1 N–H and O–H groups in total. The van der Waals surface area contributed by atoms with Crippen LogP contribution in [0.1, 0.15) is 34.5 Å². The molecule has 1 saturated heterocycles. The molecule has 0 aliphatic carbocycles. The summed E-state index contributed by atoms with van der Waals surface area (Å²) in [5.74, 6) is -0.0179. The Hall–Kier alpha value is -2.74. The highest BCUT2D eigenvalue weighted by atomic mass is 32.1. The van der Waals surface area contributed by atoms with Crippen molar-refractivity contribution < 1.29 is 9.59 Å². The third kappa shape index (κ3) is 3.32. The molecular formula is C19H20N4O3S. The summed E-state index contributed by atoms with van der Waals surface area (Å²) in [5.41, 5.74) is 1.35. The number of aromatic nitrogens is 2. The number of aryl methyl sites for hydroxylation is 1. The molecule has 1 aliphatic heterocycles. The molecule has 3 aromatic heterocycles. The zero-order valence-corrected chi connectivity index (χ0v) is 15.8. The van der Waals surface area contributed by atoms with E-state index in [1.54, 1.807) is 12.3 Å². The number of hydrogen-bond acceptors (Lipinski definition) is 5. The Morgan fingerprint density at radius 2 is 2.22 bits per heavy atom. The number of amides is 2. The fourth-order valence-corrected chi connectivity index (χ4v) is 4.31. The lowest BCUT2D eigenvalue weighted by Gasteiger charge is -2.15. The maximum absolute atomic E-state index is 12.7. The highest BCUT2D eigenvalue weighted by Crippen LogP contribution is 2.22. The molecular weight excluding hydrogens is 364 g/mol.